The second-order valence-corrected chi connectivity index (χ2v) is 2.99. The van der Waals surface area contributed by atoms with Gasteiger partial charge < -0.3 is 15.3 Å². The summed E-state index contributed by atoms with van der Waals surface area (Å²) in [5.41, 5.74) is 0. The maximum absolute atomic E-state index is 11.2. The SMILES string of the molecule is C[C@H](C(=O)O)N1OC[C@@H](O)[C@@H](O)C1=O. The zero-order valence-corrected chi connectivity index (χ0v) is 7.45. The summed E-state index contributed by atoms with van der Waals surface area (Å²) in [7, 11) is 0. The number of aliphatic hydroxyl groups excluding tert-OH is 2. The van der Waals surface area contributed by atoms with E-state index in [1.54, 1.807) is 0 Å². The molecule has 3 atom stereocenters. The Labute approximate surface area is 79.5 Å². The van der Waals surface area contributed by atoms with Crippen LogP contribution >= 0.6 is 0 Å². The molecule has 0 unspecified atom stereocenters. The molecule has 7 nitrogen and oxygen atoms in total. The number of carbonyl (C=O) groups excluding carboxylic acids is 1. The average molecular weight is 205 g/mol. The van der Waals surface area contributed by atoms with Gasteiger partial charge in [-0.15, -0.1) is 0 Å². The van der Waals surface area contributed by atoms with E-state index in [1.165, 1.54) is 6.92 Å². The van der Waals surface area contributed by atoms with Crippen LogP contribution < -0.4 is 0 Å². The van der Waals surface area contributed by atoms with Crippen molar-refractivity contribution < 1.29 is 29.7 Å². The van der Waals surface area contributed by atoms with Crippen molar-refractivity contribution in [1.82, 2.24) is 5.06 Å². The van der Waals surface area contributed by atoms with E-state index in [0.717, 1.165) is 0 Å². The summed E-state index contributed by atoms with van der Waals surface area (Å²) >= 11 is 0. The summed E-state index contributed by atoms with van der Waals surface area (Å²) in [6.07, 6.45) is -2.93. The predicted molar refractivity (Wildman–Crippen MR) is 41.9 cm³/mol. The van der Waals surface area contributed by atoms with E-state index >= 15 is 0 Å². The summed E-state index contributed by atoms with van der Waals surface area (Å²) in [6, 6.07) is -1.19. The van der Waals surface area contributed by atoms with Crippen LogP contribution in [0.2, 0.25) is 0 Å². The van der Waals surface area contributed by atoms with Gasteiger partial charge in [0.2, 0.25) is 0 Å². The van der Waals surface area contributed by atoms with Crippen molar-refractivity contribution in [1.29, 1.82) is 0 Å². The summed E-state index contributed by atoms with van der Waals surface area (Å²) in [4.78, 5) is 26.4. The maximum Gasteiger partial charge on any atom is 0.328 e. The molecular formula is C7H11NO6. The molecule has 0 radical (unpaired) electrons. The van der Waals surface area contributed by atoms with Gasteiger partial charge in [-0.1, -0.05) is 0 Å². The lowest BCUT2D eigenvalue weighted by Gasteiger charge is -2.33. The minimum Gasteiger partial charge on any atom is -0.480 e. The highest BCUT2D eigenvalue weighted by molar-refractivity contribution is 5.85. The Morgan fingerprint density at radius 3 is 2.71 bits per heavy atom. The lowest BCUT2D eigenvalue weighted by Crippen LogP contribution is -2.56. The Bertz CT molecular complexity index is 255. The fourth-order valence-electron chi connectivity index (χ4n) is 1.01. The molecular weight excluding hydrogens is 194 g/mol. The zero-order chi connectivity index (χ0) is 10.9. The topological polar surface area (TPSA) is 107 Å². The number of amides is 1. The molecule has 0 saturated carbocycles. The van der Waals surface area contributed by atoms with Gasteiger partial charge in [-0.3, -0.25) is 9.63 Å². The number of carbonyl (C=O) groups is 2. The first-order chi connectivity index (χ1) is 6.45. The number of hydrogen-bond acceptors (Lipinski definition) is 5. The second-order valence-electron chi connectivity index (χ2n) is 2.99. The van der Waals surface area contributed by atoms with E-state index < -0.39 is 30.1 Å². The Balaban J connectivity index is 2.73. The summed E-state index contributed by atoms with van der Waals surface area (Å²) < 4.78 is 0. The predicted octanol–water partition coefficient (Wildman–Crippen LogP) is -2.04. The van der Waals surface area contributed by atoms with Crippen molar-refractivity contribution >= 4 is 11.9 Å². The Hall–Kier alpha value is -1.18. The van der Waals surface area contributed by atoms with Gasteiger partial charge in [0.25, 0.3) is 5.91 Å². The number of hydrogen-bond donors (Lipinski definition) is 3. The van der Waals surface area contributed by atoms with Crippen molar-refractivity contribution in [2.45, 2.75) is 25.2 Å². The van der Waals surface area contributed by atoms with Gasteiger partial charge in [0.15, 0.2) is 12.1 Å². The first kappa shape index (κ1) is 10.9. The lowest BCUT2D eigenvalue weighted by molar-refractivity contribution is -0.246. The fraction of sp³-hybridized carbons (Fsp3) is 0.714. The van der Waals surface area contributed by atoms with Crippen LogP contribution in [0.5, 0.6) is 0 Å². The van der Waals surface area contributed by atoms with Gasteiger partial charge in [0, 0.05) is 0 Å². The van der Waals surface area contributed by atoms with Crippen LogP contribution in [0.3, 0.4) is 0 Å². The maximum atomic E-state index is 11.2. The zero-order valence-electron chi connectivity index (χ0n) is 7.45. The fourth-order valence-corrected chi connectivity index (χ4v) is 1.01. The Morgan fingerprint density at radius 2 is 2.21 bits per heavy atom. The molecule has 0 spiro atoms. The van der Waals surface area contributed by atoms with Crippen LogP contribution in [0, 0.1) is 0 Å². The molecule has 1 saturated heterocycles. The number of nitrogens with zero attached hydrogens (tertiary/aromatic N) is 1. The van der Waals surface area contributed by atoms with Gasteiger partial charge >= 0.3 is 5.97 Å². The number of carboxylic acid groups (broad SMARTS) is 1. The minimum atomic E-state index is -1.62. The molecule has 1 rings (SSSR count). The molecule has 1 fully saturated rings. The summed E-state index contributed by atoms with van der Waals surface area (Å²) in [5, 5.41) is 27.3. The highest BCUT2D eigenvalue weighted by Gasteiger charge is 2.39. The monoisotopic (exact) mass is 205 g/mol. The number of carboxylic acids is 1. The van der Waals surface area contributed by atoms with E-state index in [0.29, 0.717) is 5.06 Å². The van der Waals surface area contributed by atoms with Crippen LogP contribution in [0.1, 0.15) is 6.92 Å². The van der Waals surface area contributed by atoms with Gasteiger partial charge in [-0.25, -0.2) is 9.86 Å². The summed E-state index contributed by atoms with van der Waals surface area (Å²) in [6.45, 7) is 0.940. The lowest BCUT2D eigenvalue weighted by atomic mass is 10.1. The van der Waals surface area contributed by atoms with Gasteiger partial charge in [-0.05, 0) is 6.92 Å². The third-order valence-electron chi connectivity index (χ3n) is 1.93. The molecule has 14 heavy (non-hydrogen) atoms. The van der Waals surface area contributed by atoms with Crippen molar-refractivity contribution in [3.63, 3.8) is 0 Å². The molecule has 0 bridgehead atoms. The number of aliphatic hydroxyl groups is 2. The number of rotatable bonds is 2. The van der Waals surface area contributed by atoms with E-state index in [-0.39, 0.29) is 6.61 Å². The highest BCUT2D eigenvalue weighted by Crippen LogP contribution is 2.13. The van der Waals surface area contributed by atoms with Crippen molar-refractivity contribution in [2.24, 2.45) is 0 Å². The Morgan fingerprint density at radius 1 is 1.64 bits per heavy atom. The van der Waals surface area contributed by atoms with Crippen molar-refractivity contribution in [3.8, 4) is 0 Å². The minimum absolute atomic E-state index is 0.301. The molecule has 1 aliphatic rings. The molecule has 7 heteroatoms. The molecule has 0 aliphatic carbocycles. The smallest absolute Gasteiger partial charge is 0.328 e. The Kier molecular flexibility index (Phi) is 3.04. The van der Waals surface area contributed by atoms with E-state index in [2.05, 4.69) is 4.84 Å². The highest BCUT2D eigenvalue weighted by atomic mass is 16.7. The largest absolute Gasteiger partial charge is 0.480 e. The van der Waals surface area contributed by atoms with Crippen molar-refractivity contribution in [2.75, 3.05) is 6.61 Å². The standard InChI is InChI=1S/C7H11NO6/c1-3(7(12)13)8-6(11)5(10)4(9)2-14-8/h3-5,9-10H,2H2,1H3,(H,12,13)/t3-,4-,5-/m1/s1. The first-order valence-electron chi connectivity index (χ1n) is 4.00. The van der Waals surface area contributed by atoms with Gasteiger partial charge in [0.05, 0.1) is 0 Å². The van der Waals surface area contributed by atoms with E-state index in [1.807, 2.05) is 0 Å². The van der Waals surface area contributed by atoms with Crippen LogP contribution in [-0.2, 0) is 14.4 Å². The molecule has 1 amide bonds. The molecule has 0 aromatic rings. The summed E-state index contributed by atoms with van der Waals surface area (Å²) in [5.74, 6) is -2.19. The molecule has 1 heterocycles. The normalized spacial score (nSPS) is 30.2. The molecule has 80 valence electrons. The van der Waals surface area contributed by atoms with E-state index in [9.17, 15) is 9.59 Å². The van der Waals surface area contributed by atoms with Gasteiger partial charge in [0.1, 0.15) is 12.7 Å². The third kappa shape index (κ3) is 1.84. The molecule has 3 N–H and O–H groups in total. The first-order valence-corrected chi connectivity index (χ1v) is 4.00. The number of hydroxylamine groups is 2. The van der Waals surface area contributed by atoms with E-state index in [4.69, 9.17) is 15.3 Å². The quantitative estimate of drug-likeness (QED) is 0.479. The number of aliphatic carboxylic acids is 1. The second kappa shape index (κ2) is 3.91. The van der Waals surface area contributed by atoms with Crippen LogP contribution in [0.4, 0.5) is 0 Å². The third-order valence-corrected chi connectivity index (χ3v) is 1.93. The van der Waals surface area contributed by atoms with Crippen LogP contribution in [-0.4, -0.2) is 57.1 Å². The molecule has 0 aromatic carbocycles. The molecule has 0 aromatic heterocycles. The van der Waals surface area contributed by atoms with Crippen LogP contribution in [0.15, 0.2) is 0 Å². The van der Waals surface area contributed by atoms with Crippen molar-refractivity contribution in [3.05, 3.63) is 0 Å². The molecule has 1 aliphatic heterocycles. The average Bonchev–Trinajstić information content (AvgIpc) is 2.13. The van der Waals surface area contributed by atoms with Crippen LogP contribution in [0.25, 0.3) is 0 Å². The van der Waals surface area contributed by atoms with Gasteiger partial charge in [-0.2, -0.15) is 0 Å².